The van der Waals surface area contributed by atoms with E-state index in [-0.39, 0.29) is 5.82 Å². The first-order valence-electron chi connectivity index (χ1n) is 7.77. The number of nitrogens with zero attached hydrogens (tertiary/aromatic N) is 2. The number of aliphatic imine (C=N–C) groups is 1. The zero-order chi connectivity index (χ0) is 16.5. The minimum Gasteiger partial charge on any atom is -0.496 e. The predicted octanol–water partition coefficient (Wildman–Crippen LogP) is 4.24. The molecule has 0 aliphatic carbocycles. The van der Waals surface area contributed by atoms with Gasteiger partial charge in [-0.15, -0.1) is 0 Å². The summed E-state index contributed by atoms with van der Waals surface area (Å²) in [5, 5.41) is 0.944. The second-order valence-corrected chi connectivity index (χ2v) is 5.65. The first kappa shape index (κ1) is 14.6. The molecule has 4 nitrogen and oxygen atoms in total. The summed E-state index contributed by atoms with van der Waals surface area (Å²) in [4.78, 5) is 12.0. The number of ether oxygens (including phenoxy) is 1. The van der Waals surface area contributed by atoms with E-state index in [1.165, 1.54) is 17.7 Å². The summed E-state index contributed by atoms with van der Waals surface area (Å²) < 4.78 is 19.2. The Morgan fingerprint density at radius 2 is 2.08 bits per heavy atom. The average molecular weight is 321 g/mol. The van der Waals surface area contributed by atoms with Crippen molar-refractivity contribution in [3.05, 3.63) is 54.1 Å². The largest absolute Gasteiger partial charge is 0.496 e. The van der Waals surface area contributed by atoms with Gasteiger partial charge >= 0.3 is 0 Å². The van der Waals surface area contributed by atoms with E-state index < -0.39 is 0 Å². The van der Waals surface area contributed by atoms with Crippen LogP contribution in [0.5, 0.6) is 5.75 Å². The lowest BCUT2D eigenvalue weighted by atomic mass is 10.0. The molecule has 0 unspecified atom stereocenters. The van der Waals surface area contributed by atoms with Crippen LogP contribution >= 0.6 is 0 Å². The molecule has 0 amide bonds. The summed E-state index contributed by atoms with van der Waals surface area (Å²) in [6, 6.07) is 8.48. The van der Waals surface area contributed by atoms with Gasteiger partial charge in [0.25, 0.3) is 0 Å². The van der Waals surface area contributed by atoms with Gasteiger partial charge in [0.1, 0.15) is 17.2 Å². The normalized spacial score (nSPS) is 14.0. The van der Waals surface area contributed by atoms with Crippen molar-refractivity contribution < 1.29 is 9.13 Å². The minimum atomic E-state index is -0.294. The maximum Gasteiger partial charge on any atom is 0.138 e. The number of H-pyrrole nitrogens is 1. The molecule has 1 N–H and O–H groups in total. The van der Waals surface area contributed by atoms with Gasteiger partial charge in [-0.3, -0.25) is 4.99 Å². The number of rotatable bonds is 3. The van der Waals surface area contributed by atoms with E-state index >= 15 is 0 Å². The SMILES string of the molecule is COc1ccc(F)cc1-c1ccnc2[nH]c(C3=CC=NCC3)cc12. The third kappa shape index (κ3) is 2.48. The van der Waals surface area contributed by atoms with E-state index in [4.69, 9.17) is 4.74 Å². The number of dihydropyridines is 1. The van der Waals surface area contributed by atoms with Crippen LogP contribution in [0.4, 0.5) is 4.39 Å². The number of methoxy groups -OCH3 is 1. The van der Waals surface area contributed by atoms with Crippen LogP contribution in [0.25, 0.3) is 27.7 Å². The fraction of sp³-hybridized carbons (Fsp3) is 0.158. The molecule has 0 radical (unpaired) electrons. The number of fused-ring (bicyclic) bond motifs is 1. The van der Waals surface area contributed by atoms with Crippen molar-refractivity contribution >= 4 is 22.8 Å². The molecule has 0 saturated heterocycles. The standard InChI is InChI=1S/C19H16FN3O/c1-24-18-3-2-13(20)10-15(18)14-6-9-22-19-16(14)11-17(23-19)12-4-7-21-8-5-12/h2-4,6-7,9-11H,5,8H2,1H3,(H,22,23). The quantitative estimate of drug-likeness (QED) is 0.784. The Bertz CT molecular complexity index is 972. The molecule has 24 heavy (non-hydrogen) atoms. The molecule has 4 rings (SSSR count). The van der Waals surface area contributed by atoms with Gasteiger partial charge in [0.2, 0.25) is 0 Å². The molecule has 3 aromatic rings. The number of pyridine rings is 1. The summed E-state index contributed by atoms with van der Waals surface area (Å²) in [6.45, 7) is 0.791. The number of halogens is 1. The fourth-order valence-electron chi connectivity index (χ4n) is 3.04. The van der Waals surface area contributed by atoms with Crippen LogP contribution in [-0.4, -0.2) is 29.8 Å². The van der Waals surface area contributed by atoms with E-state index in [0.717, 1.165) is 40.8 Å². The van der Waals surface area contributed by atoms with E-state index in [1.807, 2.05) is 18.4 Å². The summed E-state index contributed by atoms with van der Waals surface area (Å²) in [6.07, 6.45) is 6.45. The molecule has 0 bridgehead atoms. The van der Waals surface area contributed by atoms with Crippen molar-refractivity contribution in [3.8, 4) is 16.9 Å². The molecule has 0 fully saturated rings. The van der Waals surface area contributed by atoms with Crippen molar-refractivity contribution in [2.75, 3.05) is 13.7 Å². The summed E-state index contributed by atoms with van der Waals surface area (Å²) >= 11 is 0. The van der Waals surface area contributed by atoms with Gasteiger partial charge in [-0.1, -0.05) is 0 Å². The maximum atomic E-state index is 13.8. The Morgan fingerprint density at radius 1 is 1.17 bits per heavy atom. The Morgan fingerprint density at radius 3 is 2.88 bits per heavy atom. The number of benzene rings is 1. The second-order valence-electron chi connectivity index (χ2n) is 5.65. The molecule has 1 aliphatic rings. The van der Waals surface area contributed by atoms with Crippen LogP contribution in [0, 0.1) is 5.82 Å². The Balaban J connectivity index is 1.91. The molecule has 1 aromatic carbocycles. The highest BCUT2D eigenvalue weighted by Gasteiger charge is 2.15. The number of nitrogens with one attached hydrogen (secondary N) is 1. The van der Waals surface area contributed by atoms with Crippen molar-refractivity contribution in [1.82, 2.24) is 9.97 Å². The topological polar surface area (TPSA) is 50.3 Å². The predicted molar refractivity (Wildman–Crippen MR) is 94.0 cm³/mol. The van der Waals surface area contributed by atoms with Crippen molar-refractivity contribution in [2.45, 2.75) is 6.42 Å². The van der Waals surface area contributed by atoms with Gasteiger partial charge in [0.15, 0.2) is 0 Å². The monoisotopic (exact) mass is 321 g/mol. The Kier molecular flexibility index (Phi) is 3.61. The fourth-order valence-corrected chi connectivity index (χ4v) is 3.04. The molecule has 3 heterocycles. The smallest absolute Gasteiger partial charge is 0.138 e. The lowest BCUT2D eigenvalue weighted by Crippen LogP contribution is -1.94. The van der Waals surface area contributed by atoms with Gasteiger partial charge in [0, 0.05) is 35.6 Å². The highest BCUT2D eigenvalue weighted by molar-refractivity contribution is 5.97. The van der Waals surface area contributed by atoms with E-state index in [0.29, 0.717) is 5.75 Å². The third-order valence-corrected chi connectivity index (χ3v) is 4.22. The average Bonchev–Trinajstić information content (AvgIpc) is 3.06. The highest BCUT2D eigenvalue weighted by atomic mass is 19.1. The van der Waals surface area contributed by atoms with E-state index in [2.05, 4.69) is 21.0 Å². The zero-order valence-corrected chi connectivity index (χ0v) is 13.2. The lowest BCUT2D eigenvalue weighted by Gasteiger charge is -2.09. The van der Waals surface area contributed by atoms with Crippen LogP contribution in [0.3, 0.4) is 0 Å². The van der Waals surface area contributed by atoms with E-state index in [9.17, 15) is 4.39 Å². The van der Waals surface area contributed by atoms with Crippen LogP contribution < -0.4 is 4.74 Å². The van der Waals surface area contributed by atoms with Crippen molar-refractivity contribution in [2.24, 2.45) is 4.99 Å². The summed E-state index contributed by atoms with van der Waals surface area (Å²) in [5.74, 6) is 0.341. The molecule has 0 saturated carbocycles. The highest BCUT2D eigenvalue weighted by Crippen LogP contribution is 2.36. The number of aromatic nitrogens is 2. The van der Waals surface area contributed by atoms with Crippen LogP contribution in [-0.2, 0) is 0 Å². The third-order valence-electron chi connectivity index (χ3n) is 4.22. The van der Waals surface area contributed by atoms with Crippen LogP contribution in [0.15, 0.2) is 47.6 Å². The van der Waals surface area contributed by atoms with Gasteiger partial charge in [0.05, 0.1) is 7.11 Å². The Labute approximate surface area is 138 Å². The van der Waals surface area contributed by atoms with Crippen molar-refractivity contribution in [3.63, 3.8) is 0 Å². The first-order valence-corrected chi connectivity index (χ1v) is 7.77. The minimum absolute atomic E-state index is 0.294. The summed E-state index contributed by atoms with van der Waals surface area (Å²) in [7, 11) is 1.59. The number of aromatic amines is 1. The Hall–Kier alpha value is -2.95. The van der Waals surface area contributed by atoms with Crippen LogP contribution in [0.1, 0.15) is 12.1 Å². The first-order chi connectivity index (χ1) is 11.8. The van der Waals surface area contributed by atoms with E-state index in [1.54, 1.807) is 19.4 Å². The van der Waals surface area contributed by atoms with Crippen LogP contribution in [0.2, 0.25) is 0 Å². The second kappa shape index (κ2) is 5.92. The van der Waals surface area contributed by atoms with Crippen molar-refractivity contribution in [1.29, 1.82) is 0 Å². The molecular formula is C19H16FN3O. The number of hydrogen-bond acceptors (Lipinski definition) is 3. The lowest BCUT2D eigenvalue weighted by molar-refractivity contribution is 0.415. The summed E-state index contributed by atoms with van der Waals surface area (Å²) in [5.41, 5.74) is 4.60. The molecular weight excluding hydrogens is 305 g/mol. The maximum absolute atomic E-state index is 13.8. The molecule has 120 valence electrons. The molecule has 5 heteroatoms. The van der Waals surface area contributed by atoms with Gasteiger partial charge in [-0.2, -0.15) is 0 Å². The van der Waals surface area contributed by atoms with Gasteiger partial charge in [-0.05, 0) is 54.0 Å². The van der Waals surface area contributed by atoms with Gasteiger partial charge < -0.3 is 9.72 Å². The number of hydrogen-bond donors (Lipinski definition) is 1. The molecule has 0 spiro atoms. The molecule has 2 aromatic heterocycles. The molecule has 1 aliphatic heterocycles. The number of allylic oxidation sites excluding steroid dienone is 1. The molecule has 0 atom stereocenters. The van der Waals surface area contributed by atoms with Gasteiger partial charge in [-0.25, -0.2) is 9.37 Å². The zero-order valence-electron chi connectivity index (χ0n) is 13.2.